The molecule has 4 nitrogen and oxygen atoms in total. The molecule has 0 bridgehead atoms. The summed E-state index contributed by atoms with van der Waals surface area (Å²) in [7, 11) is 0. The highest BCUT2D eigenvalue weighted by Crippen LogP contribution is 2.43. The van der Waals surface area contributed by atoms with Gasteiger partial charge in [-0.3, -0.25) is 4.99 Å². The highest BCUT2D eigenvalue weighted by Gasteiger charge is 2.21. The second-order valence-electron chi connectivity index (χ2n) is 17.0. The lowest BCUT2D eigenvalue weighted by Crippen LogP contribution is -2.25. The first-order valence-corrected chi connectivity index (χ1v) is 23.2. The Bertz CT molecular complexity index is 3860. The summed E-state index contributed by atoms with van der Waals surface area (Å²) in [5, 5.41) is 11.1. The normalized spacial score (nSPS) is 14.5. The standard InChI is InChI=1S/C60H41N3OS/c1-4-15-38(16-5-1)51-25-14-26-52(62-60(61-51)39-17-6-2-7-18-39)43-20-12-19-42(33-43)45-24-13-27-56-59(45)50-35-41(30-32-55(50)64-56)40-29-31-53-47(34-40)48-36-49-46-23-10-11-28-57(46)65-58(49)37-54(48)63(53)44-21-8-3-9-22-44/h1-13,15-25,27-37,52H,14,26H2,(H,61,62). The molecule has 5 heteroatoms. The van der Waals surface area contributed by atoms with Gasteiger partial charge in [-0.25, -0.2) is 0 Å². The number of allylic oxidation sites excluding steroid dienone is 1. The van der Waals surface area contributed by atoms with Gasteiger partial charge in [-0.1, -0.05) is 146 Å². The first-order chi connectivity index (χ1) is 32.2. The molecule has 65 heavy (non-hydrogen) atoms. The summed E-state index contributed by atoms with van der Waals surface area (Å²) in [6.07, 6.45) is 4.11. The molecule has 0 saturated heterocycles. The molecule has 1 atom stereocenters. The Morgan fingerprint density at radius 2 is 1.20 bits per heavy atom. The van der Waals surface area contributed by atoms with Crippen molar-refractivity contribution >= 4 is 86.8 Å². The van der Waals surface area contributed by atoms with Gasteiger partial charge < -0.3 is 14.3 Å². The summed E-state index contributed by atoms with van der Waals surface area (Å²) in [4.78, 5) is 5.46. The fourth-order valence-electron chi connectivity index (χ4n) is 10.0. The van der Waals surface area contributed by atoms with Crippen LogP contribution in [0.15, 0.2) is 222 Å². The molecule has 0 fully saturated rings. The van der Waals surface area contributed by atoms with Gasteiger partial charge in [-0.05, 0) is 113 Å². The number of benzene rings is 9. The van der Waals surface area contributed by atoms with Crippen molar-refractivity contribution in [1.29, 1.82) is 0 Å². The molecule has 13 rings (SSSR count). The van der Waals surface area contributed by atoms with Crippen LogP contribution in [0.4, 0.5) is 0 Å². The van der Waals surface area contributed by atoms with E-state index in [0.717, 1.165) is 79.8 Å². The minimum Gasteiger partial charge on any atom is -0.456 e. The van der Waals surface area contributed by atoms with Gasteiger partial charge in [-0.15, -0.1) is 11.3 Å². The van der Waals surface area contributed by atoms with Crippen molar-refractivity contribution in [1.82, 2.24) is 9.88 Å². The zero-order chi connectivity index (χ0) is 42.8. The van der Waals surface area contributed by atoms with E-state index in [2.05, 4.69) is 222 Å². The van der Waals surface area contributed by atoms with Gasteiger partial charge in [0.1, 0.15) is 17.0 Å². The van der Waals surface area contributed by atoms with Crippen molar-refractivity contribution < 1.29 is 4.42 Å². The van der Waals surface area contributed by atoms with Crippen molar-refractivity contribution in [3.05, 3.63) is 229 Å². The highest BCUT2D eigenvalue weighted by molar-refractivity contribution is 7.25. The van der Waals surface area contributed by atoms with Crippen molar-refractivity contribution in [3.63, 3.8) is 0 Å². The molecule has 1 unspecified atom stereocenters. The Hall–Kier alpha value is -7.99. The van der Waals surface area contributed by atoms with Crippen LogP contribution in [-0.4, -0.2) is 10.4 Å². The molecule has 0 spiro atoms. The zero-order valence-electron chi connectivity index (χ0n) is 35.4. The fraction of sp³-hybridized carbons (Fsp3) is 0.0500. The van der Waals surface area contributed by atoms with Crippen LogP contribution in [0.25, 0.3) is 97.6 Å². The molecule has 0 aliphatic carbocycles. The van der Waals surface area contributed by atoms with E-state index in [1.807, 2.05) is 11.3 Å². The number of hydrogen-bond acceptors (Lipinski definition) is 4. The first kappa shape index (κ1) is 37.6. The minimum atomic E-state index is -0.0320. The monoisotopic (exact) mass is 851 g/mol. The number of para-hydroxylation sites is 1. The number of hydrogen-bond donors (Lipinski definition) is 1. The second kappa shape index (κ2) is 15.4. The largest absolute Gasteiger partial charge is 0.456 e. The van der Waals surface area contributed by atoms with E-state index in [9.17, 15) is 0 Å². The Morgan fingerprint density at radius 1 is 0.492 bits per heavy atom. The molecule has 9 aromatic carbocycles. The van der Waals surface area contributed by atoms with E-state index in [1.54, 1.807) is 0 Å². The minimum absolute atomic E-state index is 0.0320. The third-order valence-electron chi connectivity index (χ3n) is 13.1. The predicted molar refractivity (Wildman–Crippen MR) is 274 cm³/mol. The van der Waals surface area contributed by atoms with Crippen molar-refractivity contribution in [3.8, 4) is 27.9 Å². The maximum Gasteiger partial charge on any atom is 0.136 e. The number of furan rings is 1. The van der Waals surface area contributed by atoms with Gasteiger partial charge in [-0.2, -0.15) is 0 Å². The van der Waals surface area contributed by atoms with E-state index in [0.29, 0.717) is 0 Å². The fourth-order valence-corrected chi connectivity index (χ4v) is 11.2. The van der Waals surface area contributed by atoms with Crippen molar-refractivity contribution in [2.24, 2.45) is 4.99 Å². The Morgan fingerprint density at radius 3 is 2.05 bits per heavy atom. The summed E-state index contributed by atoms with van der Waals surface area (Å²) in [6.45, 7) is 0. The first-order valence-electron chi connectivity index (χ1n) is 22.4. The molecule has 0 amide bonds. The molecule has 0 radical (unpaired) electrons. The van der Waals surface area contributed by atoms with E-state index >= 15 is 0 Å². The summed E-state index contributed by atoms with van der Waals surface area (Å²) in [5.74, 6) is 0.877. The number of aliphatic imine (C=N–C) groups is 1. The molecule has 1 aliphatic rings. The van der Waals surface area contributed by atoms with Gasteiger partial charge in [0.25, 0.3) is 0 Å². The number of aromatic nitrogens is 1. The highest BCUT2D eigenvalue weighted by atomic mass is 32.1. The molecule has 0 saturated carbocycles. The molecule has 12 aromatic rings. The van der Waals surface area contributed by atoms with Crippen molar-refractivity contribution in [2.75, 3.05) is 0 Å². The van der Waals surface area contributed by atoms with Crippen molar-refractivity contribution in [2.45, 2.75) is 18.9 Å². The Kier molecular flexibility index (Phi) is 8.88. The Labute approximate surface area is 380 Å². The van der Waals surface area contributed by atoms with E-state index < -0.39 is 0 Å². The molecular formula is C60H41N3OS. The van der Waals surface area contributed by atoms with Crippen LogP contribution in [-0.2, 0) is 0 Å². The average molecular weight is 852 g/mol. The quantitative estimate of drug-likeness (QED) is 0.181. The Balaban J connectivity index is 0.918. The third-order valence-corrected chi connectivity index (χ3v) is 14.3. The van der Waals surface area contributed by atoms with Crippen LogP contribution in [0.3, 0.4) is 0 Å². The zero-order valence-corrected chi connectivity index (χ0v) is 36.2. The SMILES string of the molecule is C1=C(c2ccccc2)NC(c2ccccc2)=NC(c2cccc(-c3cccc4oc5ccc(-c6ccc7c(c6)c6cc8c(cc6n7-c6ccccc6)sc6ccccc68)cc5c34)c2)CC1. The maximum absolute atomic E-state index is 6.60. The van der Waals surface area contributed by atoms with E-state index in [4.69, 9.17) is 9.41 Å². The van der Waals surface area contributed by atoms with Crippen LogP contribution >= 0.6 is 11.3 Å². The van der Waals surface area contributed by atoms with Gasteiger partial charge in [0, 0.05) is 58.7 Å². The van der Waals surface area contributed by atoms with Gasteiger partial charge in [0.15, 0.2) is 0 Å². The number of rotatable bonds is 6. The lowest BCUT2D eigenvalue weighted by molar-refractivity contribution is 0.657. The molecule has 308 valence electrons. The summed E-state index contributed by atoms with van der Waals surface area (Å²) < 4.78 is 11.6. The maximum atomic E-state index is 6.60. The molecule has 1 N–H and O–H groups in total. The molecular weight excluding hydrogens is 811 g/mol. The van der Waals surface area contributed by atoms with Gasteiger partial charge in [0.2, 0.25) is 0 Å². The van der Waals surface area contributed by atoms with Gasteiger partial charge in [0.05, 0.1) is 17.1 Å². The van der Waals surface area contributed by atoms with Crippen LogP contribution in [0.5, 0.6) is 0 Å². The summed E-state index contributed by atoms with van der Waals surface area (Å²) in [5.41, 5.74) is 14.5. The average Bonchev–Trinajstić information content (AvgIpc) is 4.02. The van der Waals surface area contributed by atoms with Crippen LogP contribution in [0.2, 0.25) is 0 Å². The summed E-state index contributed by atoms with van der Waals surface area (Å²) >= 11 is 1.87. The number of thiophene rings is 1. The number of amidine groups is 1. The number of nitrogens with zero attached hydrogens (tertiary/aromatic N) is 2. The lowest BCUT2D eigenvalue weighted by atomic mass is 9.93. The van der Waals surface area contributed by atoms with E-state index in [1.165, 1.54) is 53.1 Å². The molecule has 1 aliphatic heterocycles. The molecule has 3 aromatic heterocycles. The predicted octanol–water partition coefficient (Wildman–Crippen LogP) is 16.3. The second-order valence-corrected chi connectivity index (χ2v) is 18.1. The van der Waals surface area contributed by atoms with E-state index in [-0.39, 0.29) is 6.04 Å². The smallest absolute Gasteiger partial charge is 0.136 e. The van der Waals surface area contributed by atoms with Crippen LogP contribution < -0.4 is 5.32 Å². The topological polar surface area (TPSA) is 42.5 Å². The lowest BCUT2D eigenvalue weighted by Gasteiger charge is -2.22. The number of nitrogens with one attached hydrogen (secondary N) is 1. The third kappa shape index (κ3) is 6.46. The summed E-state index contributed by atoms with van der Waals surface area (Å²) in [6, 6.07) is 74.3. The molecule has 4 heterocycles. The number of fused-ring (bicyclic) bond motifs is 9. The van der Waals surface area contributed by atoms with Crippen LogP contribution in [0, 0.1) is 0 Å². The van der Waals surface area contributed by atoms with Gasteiger partial charge >= 0.3 is 0 Å². The van der Waals surface area contributed by atoms with Crippen LogP contribution in [0.1, 0.15) is 35.6 Å².